The van der Waals surface area contributed by atoms with E-state index in [2.05, 4.69) is 24.5 Å². The highest BCUT2D eigenvalue weighted by molar-refractivity contribution is 5.79. The lowest BCUT2D eigenvalue weighted by Gasteiger charge is -2.17. The average Bonchev–Trinajstić information content (AvgIpc) is 2.71. The molecule has 0 aromatic rings. The molecule has 1 fully saturated rings. The van der Waals surface area contributed by atoms with Crippen molar-refractivity contribution in [2.24, 2.45) is 17.6 Å². The Morgan fingerprint density at radius 1 is 1.56 bits per heavy atom. The van der Waals surface area contributed by atoms with Crippen LogP contribution in [0.5, 0.6) is 0 Å². The summed E-state index contributed by atoms with van der Waals surface area (Å²) in [5, 5.41) is 5.70. The Bertz CT molecular complexity index is 292. The third-order valence-corrected chi connectivity index (χ3v) is 3.24. The van der Waals surface area contributed by atoms with Crippen LogP contribution < -0.4 is 16.4 Å². The number of carbonyl (C=O) groups excluding carboxylic acids is 2. The molecule has 5 nitrogen and oxygen atoms in total. The van der Waals surface area contributed by atoms with Crippen LogP contribution in [0.1, 0.15) is 39.5 Å². The van der Waals surface area contributed by atoms with Crippen LogP contribution in [0.25, 0.3) is 0 Å². The standard InChI is InChI=1S/C13H25N3O2/c1-9(2)5-10(7-14)6-13(18)15-8-11-3-4-12(17)16-11/h9-11H,3-8,14H2,1-2H3,(H,15,18)(H,16,17). The lowest BCUT2D eigenvalue weighted by Crippen LogP contribution is -2.39. The zero-order valence-electron chi connectivity index (χ0n) is 11.4. The third-order valence-electron chi connectivity index (χ3n) is 3.24. The summed E-state index contributed by atoms with van der Waals surface area (Å²) in [5.74, 6) is 0.921. The van der Waals surface area contributed by atoms with Gasteiger partial charge in [0.1, 0.15) is 0 Å². The van der Waals surface area contributed by atoms with Gasteiger partial charge < -0.3 is 16.4 Å². The molecule has 0 saturated carbocycles. The van der Waals surface area contributed by atoms with Crippen molar-refractivity contribution < 1.29 is 9.59 Å². The highest BCUT2D eigenvalue weighted by Gasteiger charge is 2.21. The Kier molecular flexibility index (Phi) is 6.12. The van der Waals surface area contributed by atoms with Gasteiger partial charge in [0, 0.05) is 25.4 Å². The highest BCUT2D eigenvalue weighted by Crippen LogP contribution is 2.14. The molecule has 1 rings (SSSR count). The molecule has 4 N–H and O–H groups in total. The molecule has 0 aromatic heterocycles. The maximum atomic E-state index is 11.8. The minimum Gasteiger partial charge on any atom is -0.354 e. The van der Waals surface area contributed by atoms with Crippen LogP contribution in [0.2, 0.25) is 0 Å². The maximum absolute atomic E-state index is 11.8. The molecule has 2 amide bonds. The van der Waals surface area contributed by atoms with E-state index < -0.39 is 0 Å². The van der Waals surface area contributed by atoms with E-state index in [4.69, 9.17) is 5.73 Å². The van der Waals surface area contributed by atoms with Crippen molar-refractivity contribution in [1.82, 2.24) is 10.6 Å². The van der Waals surface area contributed by atoms with Crippen molar-refractivity contribution >= 4 is 11.8 Å². The first-order valence-electron chi connectivity index (χ1n) is 6.77. The molecule has 0 bridgehead atoms. The van der Waals surface area contributed by atoms with E-state index in [0.717, 1.165) is 12.8 Å². The van der Waals surface area contributed by atoms with Crippen LogP contribution >= 0.6 is 0 Å². The Morgan fingerprint density at radius 2 is 2.28 bits per heavy atom. The summed E-state index contributed by atoms with van der Waals surface area (Å²) >= 11 is 0. The average molecular weight is 255 g/mol. The molecule has 2 atom stereocenters. The van der Waals surface area contributed by atoms with Crippen molar-refractivity contribution in [3.63, 3.8) is 0 Å². The number of amides is 2. The third kappa shape index (κ3) is 5.49. The van der Waals surface area contributed by atoms with Crippen molar-refractivity contribution in [2.45, 2.75) is 45.6 Å². The Labute approximate surface area is 109 Å². The maximum Gasteiger partial charge on any atom is 0.220 e. The van der Waals surface area contributed by atoms with Crippen LogP contribution in [0, 0.1) is 11.8 Å². The van der Waals surface area contributed by atoms with Crippen molar-refractivity contribution in [3.05, 3.63) is 0 Å². The fraction of sp³-hybridized carbons (Fsp3) is 0.846. The van der Waals surface area contributed by atoms with Gasteiger partial charge in [-0.1, -0.05) is 13.8 Å². The smallest absolute Gasteiger partial charge is 0.220 e. The molecule has 1 aliphatic rings. The molecule has 0 radical (unpaired) electrons. The summed E-state index contributed by atoms with van der Waals surface area (Å²) in [6.07, 6.45) is 2.84. The van der Waals surface area contributed by atoms with Gasteiger partial charge in [-0.15, -0.1) is 0 Å². The zero-order chi connectivity index (χ0) is 13.5. The topological polar surface area (TPSA) is 84.2 Å². The Balaban J connectivity index is 2.21. The molecule has 0 aromatic carbocycles. The summed E-state index contributed by atoms with van der Waals surface area (Å²) in [6, 6.07) is 0.0999. The minimum atomic E-state index is 0.0345. The molecule has 104 valence electrons. The van der Waals surface area contributed by atoms with E-state index >= 15 is 0 Å². The summed E-state index contributed by atoms with van der Waals surface area (Å²) in [6.45, 7) is 5.35. The molecule has 1 heterocycles. The summed E-state index contributed by atoms with van der Waals surface area (Å²) in [4.78, 5) is 22.8. The number of carbonyl (C=O) groups is 2. The molecule has 1 saturated heterocycles. The number of rotatable bonds is 7. The van der Waals surface area contributed by atoms with Gasteiger partial charge in [-0.25, -0.2) is 0 Å². The molecule has 5 heteroatoms. The lowest BCUT2D eigenvalue weighted by atomic mass is 9.94. The highest BCUT2D eigenvalue weighted by atomic mass is 16.2. The van der Waals surface area contributed by atoms with Gasteiger partial charge in [0.25, 0.3) is 0 Å². The van der Waals surface area contributed by atoms with Gasteiger partial charge in [0.05, 0.1) is 0 Å². The molecule has 2 unspecified atom stereocenters. The van der Waals surface area contributed by atoms with Gasteiger partial charge in [-0.05, 0) is 31.2 Å². The van der Waals surface area contributed by atoms with E-state index in [0.29, 0.717) is 31.8 Å². The van der Waals surface area contributed by atoms with E-state index in [-0.39, 0.29) is 23.8 Å². The fourth-order valence-corrected chi connectivity index (χ4v) is 2.33. The van der Waals surface area contributed by atoms with Gasteiger partial charge in [-0.2, -0.15) is 0 Å². The summed E-state index contributed by atoms with van der Waals surface area (Å²) in [5.41, 5.74) is 5.67. The number of nitrogens with two attached hydrogens (primary N) is 1. The Hall–Kier alpha value is -1.10. The molecular formula is C13H25N3O2. The molecule has 0 aliphatic carbocycles. The Morgan fingerprint density at radius 3 is 2.78 bits per heavy atom. The van der Waals surface area contributed by atoms with E-state index in [1.54, 1.807) is 0 Å². The largest absolute Gasteiger partial charge is 0.354 e. The fourth-order valence-electron chi connectivity index (χ4n) is 2.33. The predicted molar refractivity (Wildman–Crippen MR) is 70.8 cm³/mol. The molecular weight excluding hydrogens is 230 g/mol. The zero-order valence-corrected chi connectivity index (χ0v) is 11.4. The first-order valence-corrected chi connectivity index (χ1v) is 6.77. The van der Waals surface area contributed by atoms with Gasteiger partial charge in [-0.3, -0.25) is 9.59 Å². The van der Waals surface area contributed by atoms with Crippen molar-refractivity contribution in [2.75, 3.05) is 13.1 Å². The second-order valence-electron chi connectivity index (χ2n) is 5.54. The summed E-state index contributed by atoms with van der Waals surface area (Å²) in [7, 11) is 0. The lowest BCUT2D eigenvalue weighted by molar-refractivity contribution is -0.122. The number of hydrogen-bond acceptors (Lipinski definition) is 3. The first-order chi connectivity index (χ1) is 8.51. The van der Waals surface area contributed by atoms with E-state index in [1.165, 1.54) is 0 Å². The van der Waals surface area contributed by atoms with E-state index in [1.807, 2.05) is 0 Å². The summed E-state index contributed by atoms with van der Waals surface area (Å²) < 4.78 is 0. The molecule has 1 aliphatic heterocycles. The minimum absolute atomic E-state index is 0.0345. The SMILES string of the molecule is CC(C)CC(CN)CC(=O)NCC1CCC(=O)N1. The number of hydrogen-bond donors (Lipinski definition) is 3. The molecule has 18 heavy (non-hydrogen) atoms. The second-order valence-corrected chi connectivity index (χ2v) is 5.54. The van der Waals surface area contributed by atoms with Crippen LogP contribution in [0.4, 0.5) is 0 Å². The predicted octanol–water partition coefficient (Wildman–Crippen LogP) is 0.392. The quantitative estimate of drug-likeness (QED) is 0.615. The van der Waals surface area contributed by atoms with Crippen molar-refractivity contribution in [1.29, 1.82) is 0 Å². The van der Waals surface area contributed by atoms with Crippen LogP contribution in [-0.4, -0.2) is 30.9 Å². The van der Waals surface area contributed by atoms with Crippen LogP contribution in [0.3, 0.4) is 0 Å². The normalized spacial score (nSPS) is 20.9. The van der Waals surface area contributed by atoms with Crippen LogP contribution in [0.15, 0.2) is 0 Å². The van der Waals surface area contributed by atoms with Crippen LogP contribution in [-0.2, 0) is 9.59 Å². The van der Waals surface area contributed by atoms with Crippen molar-refractivity contribution in [3.8, 4) is 0 Å². The second kappa shape index (κ2) is 7.36. The first kappa shape index (κ1) is 15.0. The number of nitrogens with one attached hydrogen (secondary N) is 2. The monoisotopic (exact) mass is 255 g/mol. The van der Waals surface area contributed by atoms with Gasteiger partial charge in [0.15, 0.2) is 0 Å². The van der Waals surface area contributed by atoms with E-state index in [9.17, 15) is 9.59 Å². The van der Waals surface area contributed by atoms with Gasteiger partial charge in [0.2, 0.25) is 11.8 Å². The molecule has 0 spiro atoms. The van der Waals surface area contributed by atoms with Gasteiger partial charge >= 0.3 is 0 Å².